The molecule has 16 heavy (non-hydrogen) atoms. The van der Waals surface area contributed by atoms with Crippen LogP contribution in [0.5, 0.6) is 0 Å². The maximum atomic E-state index is 5.16. The van der Waals surface area contributed by atoms with Crippen molar-refractivity contribution in [3.63, 3.8) is 0 Å². The van der Waals surface area contributed by atoms with E-state index in [9.17, 15) is 0 Å². The molecule has 0 spiro atoms. The molecule has 1 saturated carbocycles. The summed E-state index contributed by atoms with van der Waals surface area (Å²) in [6.45, 7) is 7.40. The van der Waals surface area contributed by atoms with Gasteiger partial charge in [0.25, 0.3) is 0 Å². The SMILES string of the molecule is Cc1noc(C)c1CCNC1CCCC1C. The van der Waals surface area contributed by atoms with Gasteiger partial charge in [-0.25, -0.2) is 0 Å². The van der Waals surface area contributed by atoms with Crippen LogP contribution in [0.3, 0.4) is 0 Å². The quantitative estimate of drug-likeness (QED) is 0.851. The molecule has 90 valence electrons. The molecule has 1 fully saturated rings. The third-order valence-corrected chi connectivity index (χ3v) is 3.82. The molecule has 0 aliphatic heterocycles. The molecule has 0 aromatic carbocycles. The first-order chi connectivity index (χ1) is 7.68. The smallest absolute Gasteiger partial charge is 0.137 e. The van der Waals surface area contributed by atoms with E-state index in [0.29, 0.717) is 0 Å². The van der Waals surface area contributed by atoms with Crippen molar-refractivity contribution in [2.24, 2.45) is 5.92 Å². The van der Waals surface area contributed by atoms with Crippen LogP contribution in [0.15, 0.2) is 4.52 Å². The van der Waals surface area contributed by atoms with Crippen LogP contribution in [-0.2, 0) is 6.42 Å². The minimum Gasteiger partial charge on any atom is -0.361 e. The number of nitrogens with one attached hydrogen (secondary N) is 1. The van der Waals surface area contributed by atoms with Gasteiger partial charge in [-0.05, 0) is 45.6 Å². The zero-order valence-corrected chi connectivity index (χ0v) is 10.5. The molecule has 1 aliphatic carbocycles. The summed E-state index contributed by atoms with van der Waals surface area (Å²) >= 11 is 0. The van der Waals surface area contributed by atoms with Crippen molar-refractivity contribution in [1.82, 2.24) is 10.5 Å². The molecule has 2 atom stereocenters. The average Bonchev–Trinajstić information content (AvgIpc) is 2.79. The summed E-state index contributed by atoms with van der Waals surface area (Å²) in [4.78, 5) is 0. The van der Waals surface area contributed by atoms with Crippen molar-refractivity contribution in [3.8, 4) is 0 Å². The molecule has 0 saturated heterocycles. The summed E-state index contributed by atoms with van der Waals surface area (Å²) < 4.78 is 5.16. The predicted octanol–water partition coefficient (Wildman–Crippen LogP) is 2.61. The van der Waals surface area contributed by atoms with Crippen LogP contribution in [0.2, 0.25) is 0 Å². The van der Waals surface area contributed by atoms with Crippen LogP contribution in [0.1, 0.15) is 43.2 Å². The van der Waals surface area contributed by atoms with Crippen LogP contribution in [0.4, 0.5) is 0 Å². The Hall–Kier alpha value is -0.830. The molecule has 2 rings (SSSR count). The molecule has 0 bridgehead atoms. The fourth-order valence-corrected chi connectivity index (χ4v) is 2.69. The Kier molecular flexibility index (Phi) is 3.64. The van der Waals surface area contributed by atoms with E-state index < -0.39 is 0 Å². The number of aryl methyl sites for hydroxylation is 2. The van der Waals surface area contributed by atoms with Crippen LogP contribution in [-0.4, -0.2) is 17.7 Å². The molecule has 0 amide bonds. The molecule has 1 aliphatic rings. The Morgan fingerprint density at radius 1 is 1.38 bits per heavy atom. The van der Waals surface area contributed by atoms with Gasteiger partial charge in [0.15, 0.2) is 0 Å². The molecule has 0 radical (unpaired) electrons. The molecule has 1 N–H and O–H groups in total. The van der Waals surface area contributed by atoms with Crippen molar-refractivity contribution >= 4 is 0 Å². The van der Waals surface area contributed by atoms with E-state index in [1.165, 1.54) is 24.8 Å². The molecule has 1 heterocycles. The van der Waals surface area contributed by atoms with Crippen LogP contribution >= 0.6 is 0 Å². The Morgan fingerprint density at radius 3 is 2.75 bits per heavy atom. The number of nitrogens with zero attached hydrogens (tertiary/aromatic N) is 1. The van der Waals surface area contributed by atoms with Gasteiger partial charge >= 0.3 is 0 Å². The summed E-state index contributed by atoms with van der Waals surface area (Å²) in [6, 6.07) is 0.723. The van der Waals surface area contributed by atoms with Crippen molar-refractivity contribution in [2.45, 2.75) is 52.5 Å². The fourth-order valence-electron chi connectivity index (χ4n) is 2.69. The van der Waals surface area contributed by atoms with Gasteiger partial charge in [-0.1, -0.05) is 18.5 Å². The fraction of sp³-hybridized carbons (Fsp3) is 0.769. The van der Waals surface area contributed by atoms with E-state index in [1.54, 1.807) is 0 Å². The first kappa shape index (κ1) is 11.6. The van der Waals surface area contributed by atoms with E-state index in [2.05, 4.69) is 17.4 Å². The van der Waals surface area contributed by atoms with E-state index in [4.69, 9.17) is 4.52 Å². The summed E-state index contributed by atoms with van der Waals surface area (Å²) in [5.74, 6) is 1.81. The van der Waals surface area contributed by atoms with Gasteiger partial charge in [0.05, 0.1) is 5.69 Å². The Bertz CT molecular complexity index is 326. The lowest BCUT2D eigenvalue weighted by Crippen LogP contribution is -2.32. The lowest BCUT2D eigenvalue weighted by molar-refractivity contribution is 0.391. The number of hydrogen-bond acceptors (Lipinski definition) is 3. The highest BCUT2D eigenvalue weighted by Gasteiger charge is 2.22. The van der Waals surface area contributed by atoms with Crippen LogP contribution in [0, 0.1) is 19.8 Å². The standard InChI is InChI=1S/C13H22N2O/c1-9-5-4-6-13(9)14-8-7-12-10(2)15-16-11(12)3/h9,13-14H,4-8H2,1-3H3. The molecular weight excluding hydrogens is 200 g/mol. The molecule has 3 heteroatoms. The number of hydrogen-bond donors (Lipinski definition) is 1. The predicted molar refractivity (Wildman–Crippen MR) is 64.5 cm³/mol. The summed E-state index contributed by atoms with van der Waals surface area (Å²) in [5, 5.41) is 7.63. The Labute approximate surface area is 97.6 Å². The minimum atomic E-state index is 0.723. The number of rotatable bonds is 4. The normalized spacial score (nSPS) is 25.2. The zero-order valence-electron chi connectivity index (χ0n) is 10.5. The second-order valence-electron chi connectivity index (χ2n) is 5.02. The first-order valence-electron chi connectivity index (χ1n) is 6.33. The topological polar surface area (TPSA) is 38.1 Å². The van der Waals surface area contributed by atoms with Gasteiger partial charge in [0.2, 0.25) is 0 Å². The van der Waals surface area contributed by atoms with Crippen molar-refractivity contribution < 1.29 is 4.52 Å². The minimum absolute atomic E-state index is 0.723. The molecule has 1 aromatic rings. The second-order valence-corrected chi connectivity index (χ2v) is 5.02. The Morgan fingerprint density at radius 2 is 2.19 bits per heavy atom. The van der Waals surface area contributed by atoms with Gasteiger partial charge in [0.1, 0.15) is 5.76 Å². The van der Waals surface area contributed by atoms with Crippen molar-refractivity contribution in [3.05, 3.63) is 17.0 Å². The van der Waals surface area contributed by atoms with E-state index in [-0.39, 0.29) is 0 Å². The van der Waals surface area contributed by atoms with Crippen molar-refractivity contribution in [2.75, 3.05) is 6.54 Å². The van der Waals surface area contributed by atoms with Crippen LogP contribution in [0.25, 0.3) is 0 Å². The van der Waals surface area contributed by atoms with Gasteiger partial charge in [-0.2, -0.15) is 0 Å². The van der Waals surface area contributed by atoms with Crippen LogP contribution < -0.4 is 5.32 Å². The highest BCUT2D eigenvalue weighted by Crippen LogP contribution is 2.24. The highest BCUT2D eigenvalue weighted by molar-refractivity contribution is 5.20. The lowest BCUT2D eigenvalue weighted by atomic mass is 10.1. The highest BCUT2D eigenvalue weighted by atomic mass is 16.5. The van der Waals surface area contributed by atoms with Gasteiger partial charge in [0, 0.05) is 11.6 Å². The summed E-state index contributed by atoms with van der Waals surface area (Å²) in [7, 11) is 0. The first-order valence-corrected chi connectivity index (χ1v) is 6.33. The summed E-state index contributed by atoms with van der Waals surface area (Å²) in [5.41, 5.74) is 2.32. The lowest BCUT2D eigenvalue weighted by Gasteiger charge is -2.16. The second kappa shape index (κ2) is 5.00. The zero-order chi connectivity index (χ0) is 11.5. The maximum Gasteiger partial charge on any atom is 0.137 e. The molecule has 1 aromatic heterocycles. The molecule has 3 nitrogen and oxygen atoms in total. The van der Waals surface area contributed by atoms with E-state index in [0.717, 1.165) is 36.4 Å². The molecule has 2 unspecified atom stereocenters. The van der Waals surface area contributed by atoms with Gasteiger partial charge < -0.3 is 9.84 Å². The third kappa shape index (κ3) is 2.46. The summed E-state index contributed by atoms with van der Waals surface area (Å²) in [6.07, 6.45) is 5.13. The molecular formula is C13H22N2O. The van der Waals surface area contributed by atoms with E-state index >= 15 is 0 Å². The maximum absolute atomic E-state index is 5.16. The monoisotopic (exact) mass is 222 g/mol. The number of aromatic nitrogens is 1. The van der Waals surface area contributed by atoms with Crippen molar-refractivity contribution in [1.29, 1.82) is 0 Å². The largest absolute Gasteiger partial charge is 0.361 e. The van der Waals surface area contributed by atoms with Gasteiger partial charge in [-0.3, -0.25) is 0 Å². The Balaban J connectivity index is 1.80. The third-order valence-electron chi connectivity index (χ3n) is 3.82. The average molecular weight is 222 g/mol. The van der Waals surface area contributed by atoms with E-state index in [1.807, 2.05) is 13.8 Å². The van der Waals surface area contributed by atoms with Gasteiger partial charge in [-0.15, -0.1) is 0 Å².